The van der Waals surface area contributed by atoms with Crippen LogP contribution in [-0.2, 0) is 11.3 Å². The number of carbonyl (C=O) groups excluding carboxylic acids is 1. The molecule has 0 fully saturated rings. The first-order valence-electron chi connectivity index (χ1n) is 5.70. The number of ketones is 1. The quantitative estimate of drug-likeness (QED) is 0.820. The van der Waals surface area contributed by atoms with Gasteiger partial charge in [0.1, 0.15) is 12.4 Å². The van der Waals surface area contributed by atoms with Gasteiger partial charge in [-0.2, -0.15) is 0 Å². The van der Waals surface area contributed by atoms with Crippen molar-refractivity contribution in [1.29, 1.82) is 0 Å². The van der Waals surface area contributed by atoms with Crippen molar-refractivity contribution in [3.05, 3.63) is 65.7 Å². The standard InChI is InChI=1S/C15H14O3/c16-14-9-5-4-8-13(14)15(17)11-18-10-12-6-2-1-3-7-12/h1-9,16H,10-11H2. The molecule has 0 atom stereocenters. The average Bonchev–Trinajstić information content (AvgIpc) is 2.40. The molecule has 0 aliphatic carbocycles. The third-order valence-electron chi connectivity index (χ3n) is 2.55. The van der Waals surface area contributed by atoms with Gasteiger partial charge in [0.2, 0.25) is 0 Å². The van der Waals surface area contributed by atoms with E-state index in [0.717, 1.165) is 5.56 Å². The minimum atomic E-state index is -0.218. The molecule has 0 bridgehead atoms. The molecule has 0 amide bonds. The minimum Gasteiger partial charge on any atom is -0.507 e. The number of hydrogen-bond donors (Lipinski definition) is 1. The fourth-order valence-corrected chi connectivity index (χ4v) is 1.62. The molecule has 3 heteroatoms. The molecule has 0 unspecified atom stereocenters. The van der Waals surface area contributed by atoms with Crippen molar-refractivity contribution < 1.29 is 14.6 Å². The lowest BCUT2D eigenvalue weighted by molar-refractivity contribution is 0.0724. The Morgan fingerprint density at radius 3 is 2.39 bits per heavy atom. The number of rotatable bonds is 5. The highest BCUT2D eigenvalue weighted by Crippen LogP contribution is 2.16. The van der Waals surface area contributed by atoms with Crippen molar-refractivity contribution in [3.63, 3.8) is 0 Å². The zero-order valence-electron chi connectivity index (χ0n) is 9.87. The third-order valence-corrected chi connectivity index (χ3v) is 2.55. The third kappa shape index (κ3) is 3.18. The Balaban J connectivity index is 1.88. The van der Waals surface area contributed by atoms with Gasteiger partial charge in [-0.1, -0.05) is 42.5 Å². The van der Waals surface area contributed by atoms with Gasteiger partial charge in [-0.15, -0.1) is 0 Å². The zero-order chi connectivity index (χ0) is 12.8. The first kappa shape index (κ1) is 12.3. The maximum atomic E-state index is 11.8. The predicted octanol–water partition coefficient (Wildman–Crippen LogP) is 2.79. The van der Waals surface area contributed by atoms with Crippen LogP contribution in [0.2, 0.25) is 0 Å². The number of hydrogen-bond acceptors (Lipinski definition) is 3. The summed E-state index contributed by atoms with van der Waals surface area (Å²) in [5.74, 6) is -0.227. The first-order valence-corrected chi connectivity index (χ1v) is 5.70. The summed E-state index contributed by atoms with van der Waals surface area (Å²) in [5, 5.41) is 9.52. The Morgan fingerprint density at radius 1 is 1.00 bits per heavy atom. The van der Waals surface area contributed by atoms with E-state index in [1.807, 2.05) is 30.3 Å². The highest BCUT2D eigenvalue weighted by atomic mass is 16.5. The van der Waals surface area contributed by atoms with Crippen LogP contribution in [0.5, 0.6) is 5.75 Å². The largest absolute Gasteiger partial charge is 0.507 e. The Morgan fingerprint density at radius 2 is 1.67 bits per heavy atom. The molecule has 0 radical (unpaired) electrons. The highest BCUT2D eigenvalue weighted by Gasteiger charge is 2.10. The van der Waals surface area contributed by atoms with E-state index in [2.05, 4.69) is 0 Å². The van der Waals surface area contributed by atoms with Crippen molar-refractivity contribution in [3.8, 4) is 5.75 Å². The zero-order valence-corrected chi connectivity index (χ0v) is 9.87. The molecule has 0 saturated carbocycles. The molecule has 0 saturated heterocycles. The summed E-state index contributed by atoms with van der Waals surface area (Å²) in [7, 11) is 0. The molecule has 0 aliphatic heterocycles. The summed E-state index contributed by atoms with van der Waals surface area (Å²) in [5.41, 5.74) is 1.31. The Labute approximate surface area is 106 Å². The Hall–Kier alpha value is -2.13. The van der Waals surface area contributed by atoms with Crippen LogP contribution in [0.25, 0.3) is 0 Å². The van der Waals surface area contributed by atoms with Gasteiger partial charge in [0.15, 0.2) is 5.78 Å². The first-order chi connectivity index (χ1) is 8.77. The number of carbonyl (C=O) groups is 1. The maximum absolute atomic E-state index is 11.8. The molecule has 92 valence electrons. The SMILES string of the molecule is O=C(COCc1ccccc1)c1ccccc1O. The molecule has 3 nitrogen and oxygen atoms in total. The monoisotopic (exact) mass is 242 g/mol. The van der Waals surface area contributed by atoms with Crippen LogP contribution in [0.15, 0.2) is 54.6 Å². The van der Waals surface area contributed by atoms with E-state index in [-0.39, 0.29) is 18.1 Å². The lowest BCUT2D eigenvalue weighted by atomic mass is 10.1. The molecule has 1 N–H and O–H groups in total. The Bertz CT molecular complexity index is 520. The summed E-state index contributed by atoms with van der Waals surface area (Å²) in [6.45, 7) is 0.354. The van der Waals surface area contributed by atoms with Gasteiger partial charge in [-0.3, -0.25) is 4.79 Å². The number of phenols is 1. The molecular formula is C15H14O3. The van der Waals surface area contributed by atoms with Crippen molar-refractivity contribution >= 4 is 5.78 Å². The average molecular weight is 242 g/mol. The van der Waals surface area contributed by atoms with Gasteiger partial charge in [-0.05, 0) is 17.7 Å². The van der Waals surface area contributed by atoms with Crippen LogP contribution in [-0.4, -0.2) is 17.5 Å². The van der Waals surface area contributed by atoms with Gasteiger partial charge in [0.05, 0.1) is 12.2 Å². The van der Waals surface area contributed by atoms with Crippen LogP contribution in [0.3, 0.4) is 0 Å². The molecule has 18 heavy (non-hydrogen) atoms. The fraction of sp³-hybridized carbons (Fsp3) is 0.133. The molecule has 2 aromatic rings. The molecule has 0 heterocycles. The van der Waals surface area contributed by atoms with Crippen molar-refractivity contribution in [2.75, 3.05) is 6.61 Å². The van der Waals surface area contributed by atoms with E-state index in [1.165, 1.54) is 6.07 Å². The maximum Gasteiger partial charge on any atom is 0.192 e. The van der Waals surface area contributed by atoms with Crippen molar-refractivity contribution in [1.82, 2.24) is 0 Å². The van der Waals surface area contributed by atoms with Gasteiger partial charge < -0.3 is 9.84 Å². The second kappa shape index (κ2) is 5.98. The lowest BCUT2D eigenvalue weighted by Crippen LogP contribution is -2.09. The molecule has 2 aromatic carbocycles. The lowest BCUT2D eigenvalue weighted by Gasteiger charge is -2.05. The van der Waals surface area contributed by atoms with E-state index in [4.69, 9.17) is 4.74 Å². The molecule has 0 aromatic heterocycles. The van der Waals surface area contributed by atoms with Gasteiger partial charge in [0, 0.05) is 0 Å². The van der Waals surface area contributed by atoms with Crippen LogP contribution in [0.1, 0.15) is 15.9 Å². The smallest absolute Gasteiger partial charge is 0.192 e. The molecule has 2 rings (SSSR count). The summed E-state index contributed by atoms with van der Waals surface area (Å²) >= 11 is 0. The van der Waals surface area contributed by atoms with Crippen LogP contribution >= 0.6 is 0 Å². The van der Waals surface area contributed by atoms with Crippen molar-refractivity contribution in [2.24, 2.45) is 0 Å². The van der Waals surface area contributed by atoms with Crippen molar-refractivity contribution in [2.45, 2.75) is 6.61 Å². The summed E-state index contributed by atoms with van der Waals surface area (Å²) < 4.78 is 5.33. The topological polar surface area (TPSA) is 46.5 Å². The van der Waals surface area contributed by atoms with E-state index < -0.39 is 0 Å². The van der Waals surface area contributed by atoms with Crippen LogP contribution in [0, 0.1) is 0 Å². The number of aromatic hydroxyl groups is 1. The number of benzene rings is 2. The molecule has 0 spiro atoms. The van der Waals surface area contributed by atoms with Gasteiger partial charge in [0.25, 0.3) is 0 Å². The molecule has 0 aliphatic rings. The number of Topliss-reactive ketones (excluding diaryl/α,β-unsaturated/α-hetero) is 1. The normalized spacial score (nSPS) is 10.2. The van der Waals surface area contributed by atoms with Gasteiger partial charge >= 0.3 is 0 Å². The summed E-state index contributed by atoms with van der Waals surface area (Å²) in [4.78, 5) is 11.8. The number of phenolic OH excluding ortho intramolecular Hbond substituents is 1. The Kier molecular flexibility index (Phi) is 4.10. The second-order valence-electron chi connectivity index (χ2n) is 3.92. The van der Waals surface area contributed by atoms with Crippen LogP contribution < -0.4 is 0 Å². The van der Waals surface area contributed by atoms with E-state index in [9.17, 15) is 9.90 Å². The number of ether oxygens (including phenoxy) is 1. The fourth-order valence-electron chi connectivity index (χ4n) is 1.62. The minimum absolute atomic E-state index is 0.00851. The van der Waals surface area contributed by atoms with Gasteiger partial charge in [-0.25, -0.2) is 0 Å². The summed E-state index contributed by atoms with van der Waals surface area (Å²) in [6, 6.07) is 16.1. The second-order valence-corrected chi connectivity index (χ2v) is 3.92. The summed E-state index contributed by atoms with van der Waals surface area (Å²) in [6.07, 6.45) is 0. The molecular weight excluding hydrogens is 228 g/mol. The predicted molar refractivity (Wildman–Crippen MR) is 68.5 cm³/mol. The van der Waals surface area contributed by atoms with E-state index in [1.54, 1.807) is 18.2 Å². The number of para-hydroxylation sites is 1. The van der Waals surface area contributed by atoms with Crippen LogP contribution in [0.4, 0.5) is 0 Å². The highest BCUT2D eigenvalue weighted by molar-refractivity contribution is 5.99. The van der Waals surface area contributed by atoms with E-state index >= 15 is 0 Å². The van der Waals surface area contributed by atoms with E-state index in [0.29, 0.717) is 12.2 Å².